The van der Waals surface area contributed by atoms with Gasteiger partial charge in [0, 0.05) is 11.1 Å². The van der Waals surface area contributed by atoms with Gasteiger partial charge in [-0.05, 0) is 24.3 Å². The van der Waals surface area contributed by atoms with E-state index in [0.29, 0.717) is 17.0 Å². The maximum atomic E-state index is 5.41. The molecule has 0 spiro atoms. The maximum Gasteiger partial charge on any atom is 0.187 e. The average molecular weight is 281 g/mol. The first-order valence-corrected chi connectivity index (χ1v) is 6.51. The van der Waals surface area contributed by atoms with E-state index in [1.165, 1.54) is 6.33 Å². The van der Waals surface area contributed by atoms with Crippen LogP contribution in [0, 0.1) is 0 Å². The topological polar surface area (TPSA) is 56.3 Å². The molecule has 21 heavy (non-hydrogen) atoms. The van der Waals surface area contributed by atoms with Gasteiger partial charge in [0.2, 0.25) is 0 Å². The number of nitrogens with one attached hydrogen (secondary N) is 1. The van der Waals surface area contributed by atoms with Gasteiger partial charge in [-0.2, -0.15) is 0 Å². The second-order valence-corrected chi connectivity index (χ2v) is 4.41. The molecule has 0 bridgehead atoms. The van der Waals surface area contributed by atoms with Gasteiger partial charge in [-0.1, -0.05) is 18.2 Å². The Hall–Kier alpha value is -2.82. The van der Waals surface area contributed by atoms with E-state index in [1.807, 2.05) is 42.5 Å². The molecule has 106 valence electrons. The van der Waals surface area contributed by atoms with Crippen molar-refractivity contribution in [3.05, 3.63) is 48.8 Å². The van der Waals surface area contributed by atoms with Crippen LogP contribution in [0.5, 0.6) is 11.5 Å². The lowest BCUT2D eigenvalue weighted by atomic mass is 10.2. The fraction of sp³-hybridized carbons (Fsp3) is 0.125. The number of fused-ring (bicyclic) bond motifs is 1. The summed E-state index contributed by atoms with van der Waals surface area (Å²) in [6.45, 7) is 0. The molecule has 0 atom stereocenters. The highest BCUT2D eigenvalue weighted by Crippen LogP contribution is 2.36. The number of methoxy groups -OCH3 is 2. The number of aromatic nitrogens is 2. The van der Waals surface area contributed by atoms with Gasteiger partial charge >= 0.3 is 0 Å². The summed E-state index contributed by atoms with van der Waals surface area (Å²) >= 11 is 0. The normalized spacial score (nSPS) is 10.4. The Balaban J connectivity index is 2.12. The summed E-state index contributed by atoms with van der Waals surface area (Å²) in [6.07, 6.45) is 1.51. The molecule has 0 radical (unpaired) electrons. The monoisotopic (exact) mass is 281 g/mol. The van der Waals surface area contributed by atoms with E-state index in [2.05, 4.69) is 15.3 Å². The Kier molecular flexibility index (Phi) is 3.55. The summed E-state index contributed by atoms with van der Waals surface area (Å²) < 4.78 is 10.7. The van der Waals surface area contributed by atoms with Crippen molar-refractivity contribution >= 4 is 22.4 Å². The molecule has 0 amide bonds. The molecule has 0 fully saturated rings. The van der Waals surface area contributed by atoms with Gasteiger partial charge in [-0.15, -0.1) is 0 Å². The first kappa shape index (κ1) is 13.2. The Morgan fingerprint density at radius 1 is 0.905 bits per heavy atom. The zero-order chi connectivity index (χ0) is 14.7. The Bertz CT molecular complexity index is 760. The largest absolute Gasteiger partial charge is 0.493 e. The standard InChI is InChI=1S/C16H15N3O2/c1-20-13-9-8-12-14(15(13)21-2)17-10-18-16(12)19-11-6-4-3-5-7-11/h3-10H,1-2H3,(H,17,18,19). The minimum Gasteiger partial charge on any atom is -0.493 e. The summed E-state index contributed by atoms with van der Waals surface area (Å²) in [5, 5.41) is 4.16. The van der Waals surface area contributed by atoms with Gasteiger partial charge in [0.25, 0.3) is 0 Å². The van der Waals surface area contributed by atoms with E-state index in [1.54, 1.807) is 14.2 Å². The number of ether oxygens (including phenoxy) is 2. The average Bonchev–Trinajstić information content (AvgIpc) is 2.55. The Morgan fingerprint density at radius 2 is 1.71 bits per heavy atom. The van der Waals surface area contributed by atoms with E-state index in [-0.39, 0.29) is 0 Å². The molecule has 1 N–H and O–H groups in total. The number of anilines is 2. The van der Waals surface area contributed by atoms with E-state index in [0.717, 1.165) is 16.9 Å². The lowest BCUT2D eigenvalue weighted by Crippen LogP contribution is -1.98. The molecule has 5 heteroatoms. The van der Waals surface area contributed by atoms with Crippen molar-refractivity contribution in [2.45, 2.75) is 0 Å². The van der Waals surface area contributed by atoms with Gasteiger partial charge < -0.3 is 14.8 Å². The highest BCUT2D eigenvalue weighted by Gasteiger charge is 2.13. The van der Waals surface area contributed by atoms with E-state index in [9.17, 15) is 0 Å². The molecule has 3 aromatic rings. The maximum absolute atomic E-state index is 5.41. The molecule has 0 unspecified atom stereocenters. The summed E-state index contributed by atoms with van der Waals surface area (Å²) in [7, 11) is 3.21. The quantitative estimate of drug-likeness (QED) is 0.794. The predicted octanol–water partition coefficient (Wildman–Crippen LogP) is 3.39. The molecule has 0 aliphatic heterocycles. The molecular weight excluding hydrogens is 266 g/mol. The number of hydrogen-bond donors (Lipinski definition) is 1. The number of benzene rings is 2. The summed E-state index contributed by atoms with van der Waals surface area (Å²) in [6, 6.07) is 13.6. The van der Waals surface area contributed by atoms with Crippen molar-refractivity contribution in [1.82, 2.24) is 9.97 Å². The summed E-state index contributed by atoms with van der Waals surface area (Å²) in [5.74, 6) is 1.98. The smallest absolute Gasteiger partial charge is 0.187 e. The number of nitrogens with zero attached hydrogens (tertiary/aromatic N) is 2. The third-order valence-corrected chi connectivity index (χ3v) is 3.18. The second-order valence-electron chi connectivity index (χ2n) is 4.41. The van der Waals surface area contributed by atoms with Crippen LogP contribution in [0.2, 0.25) is 0 Å². The highest BCUT2D eigenvalue weighted by atomic mass is 16.5. The van der Waals surface area contributed by atoms with Crippen LogP contribution in [0.15, 0.2) is 48.8 Å². The van der Waals surface area contributed by atoms with Crippen molar-refractivity contribution in [2.75, 3.05) is 19.5 Å². The molecule has 5 nitrogen and oxygen atoms in total. The first-order valence-electron chi connectivity index (χ1n) is 6.51. The van der Waals surface area contributed by atoms with Gasteiger partial charge in [0.05, 0.1) is 14.2 Å². The molecule has 0 aliphatic carbocycles. The van der Waals surface area contributed by atoms with Crippen molar-refractivity contribution in [2.24, 2.45) is 0 Å². The van der Waals surface area contributed by atoms with Crippen molar-refractivity contribution < 1.29 is 9.47 Å². The van der Waals surface area contributed by atoms with E-state index >= 15 is 0 Å². The minimum atomic E-state index is 0.605. The van der Waals surface area contributed by atoms with Crippen LogP contribution in [0.1, 0.15) is 0 Å². The van der Waals surface area contributed by atoms with Crippen molar-refractivity contribution in [3.63, 3.8) is 0 Å². The SMILES string of the molecule is COc1ccc2c(Nc3ccccc3)ncnc2c1OC. The zero-order valence-electron chi connectivity index (χ0n) is 11.8. The molecule has 2 aromatic carbocycles. The zero-order valence-corrected chi connectivity index (χ0v) is 11.8. The molecule has 1 heterocycles. The van der Waals surface area contributed by atoms with Gasteiger partial charge in [-0.3, -0.25) is 0 Å². The minimum absolute atomic E-state index is 0.605. The lowest BCUT2D eigenvalue weighted by molar-refractivity contribution is 0.358. The molecule has 3 rings (SSSR count). The predicted molar refractivity (Wildman–Crippen MR) is 82.4 cm³/mol. The van der Waals surface area contributed by atoms with Gasteiger partial charge in [0.15, 0.2) is 11.5 Å². The fourth-order valence-electron chi connectivity index (χ4n) is 2.20. The van der Waals surface area contributed by atoms with Crippen LogP contribution in [0.3, 0.4) is 0 Å². The van der Waals surface area contributed by atoms with Crippen LogP contribution in [-0.2, 0) is 0 Å². The van der Waals surface area contributed by atoms with Crippen molar-refractivity contribution in [1.29, 1.82) is 0 Å². The number of para-hydroxylation sites is 1. The lowest BCUT2D eigenvalue weighted by Gasteiger charge is -2.12. The summed E-state index contributed by atoms with van der Waals surface area (Å²) in [5.41, 5.74) is 1.68. The van der Waals surface area contributed by atoms with Gasteiger partial charge in [0.1, 0.15) is 17.7 Å². The van der Waals surface area contributed by atoms with Crippen molar-refractivity contribution in [3.8, 4) is 11.5 Å². The van der Waals surface area contributed by atoms with E-state index in [4.69, 9.17) is 9.47 Å². The highest BCUT2D eigenvalue weighted by molar-refractivity contribution is 5.95. The fourth-order valence-corrected chi connectivity index (χ4v) is 2.20. The Labute approximate surface area is 122 Å². The molecule has 0 saturated heterocycles. The van der Waals surface area contributed by atoms with E-state index < -0.39 is 0 Å². The number of rotatable bonds is 4. The Morgan fingerprint density at radius 3 is 2.43 bits per heavy atom. The third kappa shape index (κ3) is 2.45. The summed E-state index contributed by atoms with van der Waals surface area (Å²) in [4.78, 5) is 8.62. The van der Waals surface area contributed by atoms with Crippen LogP contribution < -0.4 is 14.8 Å². The number of hydrogen-bond acceptors (Lipinski definition) is 5. The van der Waals surface area contributed by atoms with Crippen LogP contribution >= 0.6 is 0 Å². The first-order chi connectivity index (χ1) is 10.3. The third-order valence-electron chi connectivity index (χ3n) is 3.18. The van der Waals surface area contributed by atoms with Crippen LogP contribution in [0.25, 0.3) is 10.9 Å². The van der Waals surface area contributed by atoms with Gasteiger partial charge in [-0.25, -0.2) is 9.97 Å². The second kappa shape index (κ2) is 5.66. The van der Waals surface area contributed by atoms with Crippen LogP contribution in [0.4, 0.5) is 11.5 Å². The molecule has 0 saturated carbocycles. The van der Waals surface area contributed by atoms with Crippen LogP contribution in [-0.4, -0.2) is 24.2 Å². The molecule has 1 aromatic heterocycles. The molecular formula is C16H15N3O2. The molecule has 0 aliphatic rings.